The first kappa shape index (κ1) is 22.0. The monoisotopic (exact) mass is 481 g/mol. The van der Waals surface area contributed by atoms with Gasteiger partial charge in [0.2, 0.25) is 10.0 Å². The highest BCUT2D eigenvalue weighted by Gasteiger charge is 2.28. The molecule has 0 radical (unpaired) electrons. The number of hydrogen-bond acceptors (Lipinski definition) is 6. The summed E-state index contributed by atoms with van der Waals surface area (Å²) in [5, 5.41) is 7.42. The lowest BCUT2D eigenvalue weighted by Crippen LogP contribution is -2.35. The van der Waals surface area contributed by atoms with Crippen molar-refractivity contribution in [1.82, 2.24) is 28.6 Å². The third-order valence-electron chi connectivity index (χ3n) is 5.92. The zero-order chi connectivity index (χ0) is 23.9. The molecule has 11 nitrogen and oxygen atoms in total. The van der Waals surface area contributed by atoms with Crippen LogP contribution < -0.4 is 10.9 Å². The van der Waals surface area contributed by atoms with Crippen molar-refractivity contribution >= 4 is 32.7 Å². The highest BCUT2D eigenvalue weighted by Crippen LogP contribution is 2.25. The minimum atomic E-state index is -3.66. The second kappa shape index (κ2) is 8.54. The molecule has 3 aromatic heterocycles. The Hall–Kier alpha value is -3.77. The first-order valence-electron chi connectivity index (χ1n) is 10.8. The van der Waals surface area contributed by atoms with E-state index in [1.54, 1.807) is 31.3 Å². The smallest absolute Gasteiger partial charge is 0.272 e. The lowest BCUT2D eigenvalue weighted by molar-refractivity contribution is 0.101. The zero-order valence-corrected chi connectivity index (χ0v) is 19.2. The molecule has 0 unspecified atom stereocenters. The van der Waals surface area contributed by atoms with Gasteiger partial charge in [0.15, 0.2) is 5.65 Å². The van der Waals surface area contributed by atoms with Crippen LogP contribution in [0.4, 0.5) is 5.69 Å². The van der Waals surface area contributed by atoms with E-state index in [0.29, 0.717) is 35.5 Å². The van der Waals surface area contributed by atoms with Crippen molar-refractivity contribution in [3.8, 4) is 5.69 Å². The number of fused-ring (bicyclic) bond motifs is 1. The summed E-state index contributed by atoms with van der Waals surface area (Å²) in [5.41, 5.74) is 1.18. The number of nitrogens with one attached hydrogen (secondary N) is 2. The Bertz CT molecular complexity index is 1540. The Morgan fingerprint density at radius 2 is 1.91 bits per heavy atom. The molecular formula is C22H23N7O4S. The van der Waals surface area contributed by atoms with Crippen LogP contribution in [0.5, 0.6) is 0 Å². The van der Waals surface area contributed by atoms with Gasteiger partial charge in [-0.05, 0) is 31.0 Å². The molecule has 0 saturated carbocycles. The minimum absolute atomic E-state index is 0.0943. The van der Waals surface area contributed by atoms with Gasteiger partial charge in [0.1, 0.15) is 16.0 Å². The van der Waals surface area contributed by atoms with Crippen molar-refractivity contribution in [2.75, 3.05) is 18.4 Å². The first-order chi connectivity index (χ1) is 16.4. The minimum Gasteiger partial charge on any atom is -0.345 e. The van der Waals surface area contributed by atoms with Crippen LogP contribution in [0, 0.1) is 0 Å². The van der Waals surface area contributed by atoms with Gasteiger partial charge in [-0.1, -0.05) is 18.6 Å². The van der Waals surface area contributed by atoms with Gasteiger partial charge in [0.05, 0.1) is 23.9 Å². The quantitative estimate of drug-likeness (QED) is 0.447. The van der Waals surface area contributed by atoms with E-state index >= 15 is 0 Å². The standard InChI is InChI=1S/C22H23N7O4S/c1-27-13-15(34(32,33)28-9-5-2-6-10-28)11-19(27)22(31)26-17-7-3-4-8-18(17)29-20-16(12-25-29)21(30)24-14-23-20/h3-4,7-8,11-14H,2,5-6,9-10H2,1H3,(H,26,31)(H,23,24,30). The number of sulfonamides is 1. The number of aryl methyl sites for hydroxylation is 1. The van der Waals surface area contributed by atoms with E-state index in [2.05, 4.69) is 20.4 Å². The largest absolute Gasteiger partial charge is 0.345 e. The summed E-state index contributed by atoms with van der Waals surface area (Å²) in [6.07, 6.45) is 6.84. The second-order valence-corrected chi connectivity index (χ2v) is 10.1. The average molecular weight is 482 g/mol. The average Bonchev–Trinajstić information content (AvgIpc) is 3.45. The van der Waals surface area contributed by atoms with Crippen molar-refractivity contribution in [2.45, 2.75) is 24.2 Å². The van der Waals surface area contributed by atoms with E-state index in [0.717, 1.165) is 19.3 Å². The van der Waals surface area contributed by atoms with Crippen LogP contribution in [-0.4, -0.2) is 56.0 Å². The normalized spacial score (nSPS) is 15.0. The summed E-state index contributed by atoms with van der Waals surface area (Å²) < 4.78 is 30.5. The molecule has 0 bridgehead atoms. The fourth-order valence-electron chi connectivity index (χ4n) is 4.14. The van der Waals surface area contributed by atoms with Gasteiger partial charge >= 0.3 is 0 Å². The highest BCUT2D eigenvalue weighted by molar-refractivity contribution is 7.89. The summed E-state index contributed by atoms with van der Waals surface area (Å²) in [7, 11) is -2.03. The molecule has 4 heterocycles. The van der Waals surface area contributed by atoms with Gasteiger partial charge in [-0.15, -0.1) is 0 Å². The molecule has 1 aromatic carbocycles. The zero-order valence-electron chi connectivity index (χ0n) is 18.4. The van der Waals surface area contributed by atoms with Crippen LogP contribution >= 0.6 is 0 Å². The number of para-hydroxylation sites is 2. The van der Waals surface area contributed by atoms with E-state index in [9.17, 15) is 18.0 Å². The predicted molar refractivity (Wildman–Crippen MR) is 125 cm³/mol. The molecule has 176 valence electrons. The van der Waals surface area contributed by atoms with Crippen LogP contribution in [0.1, 0.15) is 29.8 Å². The summed E-state index contributed by atoms with van der Waals surface area (Å²) in [4.78, 5) is 32.0. The van der Waals surface area contributed by atoms with E-state index in [-0.39, 0.29) is 16.1 Å². The van der Waals surface area contributed by atoms with Crippen molar-refractivity contribution in [2.24, 2.45) is 7.05 Å². The molecule has 2 N–H and O–H groups in total. The van der Waals surface area contributed by atoms with Gasteiger partial charge in [0.25, 0.3) is 11.5 Å². The number of nitrogens with zero attached hydrogens (tertiary/aromatic N) is 5. The summed E-state index contributed by atoms with van der Waals surface area (Å²) in [6, 6.07) is 8.36. The van der Waals surface area contributed by atoms with E-state index < -0.39 is 15.9 Å². The molecule has 1 aliphatic rings. The third-order valence-corrected chi connectivity index (χ3v) is 7.78. The second-order valence-electron chi connectivity index (χ2n) is 8.13. The Labute approximate surface area is 195 Å². The van der Waals surface area contributed by atoms with Gasteiger partial charge in [0, 0.05) is 26.3 Å². The maximum atomic E-state index is 13.2. The molecule has 34 heavy (non-hydrogen) atoms. The van der Waals surface area contributed by atoms with Crippen LogP contribution in [0.3, 0.4) is 0 Å². The van der Waals surface area contributed by atoms with Gasteiger partial charge in [-0.2, -0.15) is 9.40 Å². The Morgan fingerprint density at radius 1 is 1.15 bits per heavy atom. The number of aromatic nitrogens is 5. The lowest BCUT2D eigenvalue weighted by atomic mass is 10.2. The van der Waals surface area contributed by atoms with E-state index in [4.69, 9.17) is 0 Å². The SMILES string of the molecule is Cn1cc(S(=O)(=O)N2CCCCC2)cc1C(=O)Nc1ccccc1-n1ncc2c(=O)[nH]cnc21. The van der Waals surface area contributed by atoms with Gasteiger partial charge in [-0.25, -0.2) is 18.1 Å². The predicted octanol–water partition coefficient (Wildman–Crippen LogP) is 1.87. The molecule has 1 fully saturated rings. The first-order valence-corrected chi connectivity index (χ1v) is 12.3. The van der Waals surface area contributed by atoms with Crippen LogP contribution in [0.15, 0.2) is 58.7 Å². The number of carbonyl (C=O) groups excluding carboxylic acids is 1. The number of benzene rings is 1. The Kier molecular flexibility index (Phi) is 5.54. The molecule has 0 aliphatic carbocycles. The summed E-state index contributed by atoms with van der Waals surface area (Å²) in [5.74, 6) is -0.475. The molecule has 0 atom stereocenters. The van der Waals surface area contributed by atoms with Gasteiger partial charge < -0.3 is 14.9 Å². The molecular weight excluding hydrogens is 458 g/mol. The number of amides is 1. The molecule has 5 rings (SSSR count). The number of hydrogen-bond donors (Lipinski definition) is 2. The number of aromatic amines is 1. The maximum absolute atomic E-state index is 13.2. The molecule has 1 aliphatic heterocycles. The summed E-state index contributed by atoms with van der Waals surface area (Å²) in [6.45, 7) is 0.974. The number of anilines is 1. The van der Waals surface area contributed by atoms with Crippen LogP contribution in [0.2, 0.25) is 0 Å². The van der Waals surface area contributed by atoms with Crippen molar-refractivity contribution < 1.29 is 13.2 Å². The number of rotatable bonds is 5. The molecule has 0 spiro atoms. The van der Waals surface area contributed by atoms with Crippen molar-refractivity contribution in [1.29, 1.82) is 0 Å². The number of piperidine rings is 1. The summed E-state index contributed by atoms with van der Waals surface area (Å²) >= 11 is 0. The van der Waals surface area contributed by atoms with Gasteiger partial charge in [-0.3, -0.25) is 9.59 Å². The van der Waals surface area contributed by atoms with Crippen LogP contribution in [0.25, 0.3) is 16.7 Å². The topological polar surface area (TPSA) is 135 Å². The Morgan fingerprint density at radius 3 is 2.71 bits per heavy atom. The number of carbonyl (C=O) groups is 1. The molecule has 1 amide bonds. The van der Waals surface area contributed by atoms with Crippen LogP contribution in [-0.2, 0) is 17.1 Å². The molecule has 1 saturated heterocycles. The third kappa shape index (κ3) is 3.80. The fraction of sp³-hybridized carbons (Fsp3) is 0.273. The molecule has 4 aromatic rings. The van der Waals surface area contributed by atoms with E-state index in [1.165, 1.54) is 38.3 Å². The number of H-pyrrole nitrogens is 1. The van der Waals surface area contributed by atoms with E-state index in [1.807, 2.05) is 0 Å². The fourth-order valence-corrected chi connectivity index (χ4v) is 5.73. The highest BCUT2D eigenvalue weighted by atomic mass is 32.2. The van der Waals surface area contributed by atoms with Crippen molar-refractivity contribution in [3.63, 3.8) is 0 Å². The maximum Gasteiger partial charge on any atom is 0.272 e. The lowest BCUT2D eigenvalue weighted by Gasteiger charge is -2.25. The molecule has 12 heteroatoms. The van der Waals surface area contributed by atoms with Crippen molar-refractivity contribution in [3.05, 3.63) is 65.1 Å². The Balaban J connectivity index is 1.46.